The normalized spacial score (nSPS) is 10.8. The second-order valence-electron chi connectivity index (χ2n) is 3.55. The van der Waals surface area contributed by atoms with E-state index in [1.54, 1.807) is 48.5 Å². The van der Waals surface area contributed by atoms with Gasteiger partial charge in [-0.25, -0.2) is 0 Å². The third-order valence-electron chi connectivity index (χ3n) is 2.54. The number of nitrogens with zero attached hydrogens (tertiary/aromatic N) is 1. The van der Waals surface area contributed by atoms with Crippen molar-refractivity contribution in [3.8, 4) is 6.07 Å². The molecular weight excluding hydrogens is 198 g/mol. The molecule has 0 unspecified atom stereocenters. The van der Waals surface area contributed by atoms with Crippen molar-refractivity contribution in [3.05, 3.63) is 71.8 Å². The Kier molecular flexibility index (Phi) is 2.72. The molecule has 0 amide bonds. The van der Waals surface area contributed by atoms with Crippen molar-refractivity contribution in [3.63, 3.8) is 0 Å². The molecule has 2 aromatic carbocycles. The molecular formula is C14H11NO. The Balaban J connectivity index is 2.55. The van der Waals surface area contributed by atoms with Gasteiger partial charge >= 0.3 is 0 Å². The lowest BCUT2D eigenvalue weighted by molar-refractivity contribution is 0.143. The molecule has 2 rings (SSSR count). The van der Waals surface area contributed by atoms with E-state index in [0.29, 0.717) is 11.1 Å². The van der Waals surface area contributed by atoms with Crippen molar-refractivity contribution >= 4 is 0 Å². The molecule has 0 aromatic heterocycles. The molecule has 16 heavy (non-hydrogen) atoms. The number of hydrogen-bond acceptors (Lipinski definition) is 2. The Morgan fingerprint density at radius 1 is 0.812 bits per heavy atom. The molecule has 0 saturated heterocycles. The van der Waals surface area contributed by atoms with E-state index in [4.69, 9.17) is 0 Å². The summed E-state index contributed by atoms with van der Waals surface area (Å²) in [5.41, 5.74) is -0.393. The Morgan fingerprint density at radius 2 is 1.19 bits per heavy atom. The summed E-state index contributed by atoms with van der Waals surface area (Å²) in [6, 6.07) is 19.9. The predicted molar refractivity (Wildman–Crippen MR) is 61.5 cm³/mol. The largest absolute Gasteiger partial charge is 0.368 e. The van der Waals surface area contributed by atoms with Crippen LogP contribution in [-0.2, 0) is 5.60 Å². The maximum atomic E-state index is 10.4. The van der Waals surface area contributed by atoms with Gasteiger partial charge in [0.25, 0.3) is 0 Å². The van der Waals surface area contributed by atoms with Gasteiger partial charge < -0.3 is 5.11 Å². The lowest BCUT2D eigenvalue weighted by Crippen LogP contribution is -2.24. The summed E-state index contributed by atoms with van der Waals surface area (Å²) < 4.78 is 0. The SMILES string of the molecule is N#CC(O)(c1ccccc1)c1ccccc1. The Labute approximate surface area is 94.4 Å². The van der Waals surface area contributed by atoms with E-state index in [9.17, 15) is 10.4 Å². The van der Waals surface area contributed by atoms with E-state index in [2.05, 4.69) is 0 Å². The topological polar surface area (TPSA) is 44.0 Å². The van der Waals surface area contributed by atoms with Gasteiger partial charge in [0, 0.05) is 11.1 Å². The number of benzene rings is 2. The summed E-state index contributed by atoms with van der Waals surface area (Å²) in [4.78, 5) is 0. The highest BCUT2D eigenvalue weighted by Gasteiger charge is 2.30. The average Bonchev–Trinajstić information content (AvgIpc) is 2.40. The first kappa shape index (κ1) is 10.4. The molecule has 2 heteroatoms. The van der Waals surface area contributed by atoms with Gasteiger partial charge in [-0.05, 0) is 0 Å². The highest BCUT2D eigenvalue weighted by molar-refractivity contribution is 5.41. The average molecular weight is 209 g/mol. The molecule has 0 aliphatic rings. The van der Waals surface area contributed by atoms with Gasteiger partial charge in [-0.3, -0.25) is 0 Å². The fourth-order valence-corrected chi connectivity index (χ4v) is 1.65. The van der Waals surface area contributed by atoms with Gasteiger partial charge in [-0.1, -0.05) is 60.7 Å². The summed E-state index contributed by atoms with van der Waals surface area (Å²) in [7, 11) is 0. The standard InChI is InChI=1S/C14H11NO/c15-11-14(16,12-7-3-1-4-8-12)13-9-5-2-6-10-13/h1-10,16H. The molecule has 78 valence electrons. The molecule has 0 atom stereocenters. The third kappa shape index (κ3) is 1.69. The lowest BCUT2D eigenvalue weighted by Gasteiger charge is -2.20. The molecule has 0 bridgehead atoms. The first-order valence-electron chi connectivity index (χ1n) is 5.02. The summed E-state index contributed by atoms with van der Waals surface area (Å²) in [6.45, 7) is 0. The minimum Gasteiger partial charge on any atom is -0.368 e. The second kappa shape index (κ2) is 4.18. The molecule has 0 spiro atoms. The molecule has 0 aliphatic carbocycles. The number of rotatable bonds is 2. The van der Waals surface area contributed by atoms with Crippen LogP contribution >= 0.6 is 0 Å². The van der Waals surface area contributed by atoms with Crippen LogP contribution in [-0.4, -0.2) is 5.11 Å². The van der Waals surface area contributed by atoms with Crippen molar-refractivity contribution in [2.24, 2.45) is 0 Å². The van der Waals surface area contributed by atoms with Crippen LogP contribution in [0.5, 0.6) is 0 Å². The van der Waals surface area contributed by atoms with Gasteiger partial charge in [-0.15, -0.1) is 0 Å². The number of aliphatic hydroxyl groups is 1. The number of hydrogen-bond donors (Lipinski definition) is 1. The Hall–Kier alpha value is -2.11. The smallest absolute Gasteiger partial charge is 0.202 e. The lowest BCUT2D eigenvalue weighted by atomic mass is 9.88. The van der Waals surface area contributed by atoms with Crippen LogP contribution in [0.1, 0.15) is 11.1 Å². The van der Waals surface area contributed by atoms with Crippen LogP contribution in [0.15, 0.2) is 60.7 Å². The van der Waals surface area contributed by atoms with Crippen LogP contribution < -0.4 is 0 Å². The fourth-order valence-electron chi connectivity index (χ4n) is 1.65. The molecule has 2 aromatic rings. The zero-order valence-electron chi connectivity index (χ0n) is 8.67. The van der Waals surface area contributed by atoms with E-state index in [0.717, 1.165) is 0 Å². The minimum atomic E-state index is -1.57. The quantitative estimate of drug-likeness (QED) is 0.772. The van der Waals surface area contributed by atoms with E-state index < -0.39 is 5.60 Å². The summed E-state index contributed by atoms with van der Waals surface area (Å²) in [5, 5.41) is 19.6. The van der Waals surface area contributed by atoms with Crippen LogP contribution in [0.4, 0.5) is 0 Å². The fraction of sp³-hybridized carbons (Fsp3) is 0.0714. The highest BCUT2D eigenvalue weighted by Crippen LogP contribution is 2.28. The van der Waals surface area contributed by atoms with E-state index in [-0.39, 0.29) is 0 Å². The summed E-state index contributed by atoms with van der Waals surface area (Å²) in [6.07, 6.45) is 0. The van der Waals surface area contributed by atoms with Crippen molar-refractivity contribution in [2.45, 2.75) is 5.60 Å². The van der Waals surface area contributed by atoms with Crippen molar-refractivity contribution < 1.29 is 5.11 Å². The van der Waals surface area contributed by atoms with Crippen LogP contribution in [0, 0.1) is 11.3 Å². The van der Waals surface area contributed by atoms with Crippen LogP contribution in [0.3, 0.4) is 0 Å². The van der Waals surface area contributed by atoms with E-state index >= 15 is 0 Å². The monoisotopic (exact) mass is 209 g/mol. The zero-order chi connectivity index (χ0) is 11.4. The van der Waals surface area contributed by atoms with Gasteiger partial charge in [0.15, 0.2) is 0 Å². The molecule has 0 saturated carbocycles. The molecule has 0 fully saturated rings. The number of nitriles is 1. The first-order chi connectivity index (χ1) is 7.77. The van der Waals surface area contributed by atoms with E-state index in [1.807, 2.05) is 18.2 Å². The third-order valence-corrected chi connectivity index (χ3v) is 2.54. The zero-order valence-corrected chi connectivity index (χ0v) is 8.67. The Morgan fingerprint density at radius 3 is 1.50 bits per heavy atom. The predicted octanol–water partition coefficient (Wildman–Crippen LogP) is 2.45. The molecule has 1 N–H and O–H groups in total. The van der Waals surface area contributed by atoms with Gasteiger partial charge in [0.1, 0.15) is 6.07 Å². The summed E-state index contributed by atoms with van der Waals surface area (Å²) >= 11 is 0. The van der Waals surface area contributed by atoms with Crippen molar-refractivity contribution in [2.75, 3.05) is 0 Å². The maximum absolute atomic E-state index is 10.4. The van der Waals surface area contributed by atoms with Crippen LogP contribution in [0.2, 0.25) is 0 Å². The van der Waals surface area contributed by atoms with E-state index in [1.165, 1.54) is 0 Å². The highest BCUT2D eigenvalue weighted by atomic mass is 16.3. The van der Waals surface area contributed by atoms with Crippen molar-refractivity contribution in [1.82, 2.24) is 0 Å². The van der Waals surface area contributed by atoms with Crippen molar-refractivity contribution in [1.29, 1.82) is 5.26 Å². The van der Waals surface area contributed by atoms with Crippen LogP contribution in [0.25, 0.3) is 0 Å². The minimum absolute atomic E-state index is 0.587. The second-order valence-corrected chi connectivity index (χ2v) is 3.55. The van der Waals surface area contributed by atoms with Gasteiger partial charge in [-0.2, -0.15) is 5.26 Å². The maximum Gasteiger partial charge on any atom is 0.202 e. The first-order valence-corrected chi connectivity index (χ1v) is 5.02. The Bertz CT molecular complexity index is 460. The molecule has 0 radical (unpaired) electrons. The van der Waals surface area contributed by atoms with Gasteiger partial charge in [0.2, 0.25) is 5.60 Å². The molecule has 0 heterocycles. The van der Waals surface area contributed by atoms with Gasteiger partial charge in [0.05, 0.1) is 0 Å². The molecule has 2 nitrogen and oxygen atoms in total. The summed E-state index contributed by atoms with van der Waals surface area (Å²) in [5.74, 6) is 0. The molecule has 0 aliphatic heterocycles.